The minimum atomic E-state index is -0.926. The van der Waals surface area contributed by atoms with E-state index in [-0.39, 0.29) is 40.8 Å². The zero-order chi connectivity index (χ0) is 26.9. The van der Waals surface area contributed by atoms with E-state index in [1.54, 1.807) is 4.90 Å². The molecule has 1 saturated heterocycles. The Kier molecular flexibility index (Phi) is 9.28. The minimum Gasteiger partial charge on any atom is -0.480 e. The normalized spacial score (nSPS) is 27.1. The van der Waals surface area contributed by atoms with Crippen LogP contribution in [0.1, 0.15) is 100 Å². The van der Waals surface area contributed by atoms with Gasteiger partial charge in [-0.2, -0.15) is 0 Å². The van der Waals surface area contributed by atoms with Crippen LogP contribution in [-0.2, 0) is 14.4 Å². The molecule has 6 nitrogen and oxygen atoms in total. The van der Waals surface area contributed by atoms with Crippen LogP contribution >= 0.6 is 0 Å². The molecule has 0 bridgehead atoms. The Morgan fingerprint density at radius 2 is 1.54 bits per heavy atom. The van der Waals surface area contributed by atoms with Gasteiger partial charge >= 0.3 is 5.97 Å². The Morgan fingerprint density at radius 3 is 1.94 bits per heavy atom. The molecule has 0 spiro atoms. The van der Waals surface area contributed by atoms with E-state index in [2.05, 4.69) is 32.8 Å². The molecule has 3 rings (SSSR count). The SMILES string of the molecule is CC(C)(C)CC(=O)C[C@H](C(=O)N1CC2[C@@H]([C@H]1C(=O)O)C2(C)C)C(C)(C)C.CN(C)C1CCCCC1. The van der Waals surface area contributed by atoms with Gasteiger partial charge in [0.1, 0.15) is 11.8 Å². The van der Waals surface area contributed by atoms with E-state index in [1.165, 1.54) is 32.1 Å². The number of hydrogen-bond acceptors (Lipinski definition) is 4. The molecular formula is C29H52N2O4. The second kappa shape index (κ2) is 10.9. The maximum Gasteiger partial charge on any atom is 0.326 e. The van der Waals surface area contributed by atoms with Gasteiger partial charge < -0.3 is 14.9 Å². The van der Waals surface area contributed by atoms with E-state index in [1.807, 2.05) is 41.5 Å². The van der Waals surface area contributed by atoms with Crippen LogP contribution < -0.4 is 0 Å². The Morgan fingerprint density at radius 1 is 1.00 bits per heavy atom. The summed E-state index contributed by atoms with van der Waals surface area (Å²) in [6.07, 6.45) is 7.81. The second-order valence-electron chi connectivity index (χ2n) is 14.4. The van der Waals surface area contributed by atoms with E-state index in [9.17, 15) is 19.5 Å². The molecule has 0 radical (unpaired) electrons. The van der Waals surface area contributed by atoms with E-state index in [0.717, 1.165) is 6.04 Å². The summed E-state index contributed by atoms with van der Waals surface area (Å²) in [6.45, 7) is 16.5. The highest BCUT2D eigenvalue weighted by molar-refractivity contribution is 5.91. The van der Waals surface area contributed by atoms with Gasteiger partial charge in [-0.25, -0.2) is 4.79 Å². The molecule has 1 aliphatic heterocycles. The summed E-state index contributed by atoms with van der Waals surface area (Å²) in [6, 6.07) is 0.129. The predicted octanol–water partition coefficient (Wildman–Crippen LogP) is 5.49. The molecule has 35 heavy (non-hydrogen) atoms. The number of hydrogen-bond donors (Lipinski definition) is 1. The highest BCUT2D eigenvalue weighted by atomic mass is 16.4. The molecule has 0 aromatic carbocycles. The monoisotopic (exact) mass is 492 g/mol. The summed E-state index contributed by atoms with van der Waals surface area (Å²) >= 11 is 0. The van der Waals surface area contributed by atoms with Crippen molar-refractivity contribution in [3.05, 3.63) is 0 Å². The van der Waals surface area contributed by atoms with Crippen LogP contribution in [0.25, 0.3) is 0 Å². The number of rotatable bonds is 6. The lowest BCUT2D eigenvalue weighted by molar-refractivity contribution is -0.154. The molecule has 1 amide bonds. The molecule has 2 saturated carbocycles. The largest absolute Gasteiger partial charge is 0.480 e. The van der Waals surface area contributed by atoms with Crippen molar-refractivity contribution < 1.29 is 19.5 Å². The highest BCUT2D eigenvalue weighted by Crippen LogP contribution is 2.65. The first-order valence-corrected chi connectivity index (χ1v) is 13.6. The number of Topliss-reactive ketones (excluding diaryl/α,β-unsaturated/α-hetero) is 1. The topological polar surface area (TPSA) is 77.9 Å². The number of fused-ring (bicyclic) bond motifs is 1. The van der Waals surface area contributed by atoms with E-state index >= 15 is 0 Å². The van der Waals surface area contributed by atoms with Crippen molar-refractivity contribution in [1.82, 2.24) is 9.80 Å². The Balaban J connectivity index is 0.000000402. The lowest BCUT2D eigenvalue weighted by atomic mass is 9.75. The Bertz CT molecular complexity index is 769. The fraction of sp³-hybridized carbons (Fsp3) is 0.897. The summed E-state index contributed by atoms with van der Waals surface area (Å²) in [5, 5.41) is 9.72. The van der Waals surface area contributed by atoms with Gasteiger partial charge in [-0.05, 0) is 49.1 Å². The van der Waals surface area contributed by atoms with Crippen molar-refractivity contribution in [2.75, 3.05) is 20.6 Å². The van der Waals surface area contributed by atoms with Crippen molar-refractivity contribution in [3.63, 3.8) is 0 Å². The van der Waals surface area contributed by atoms with Gasteiger partial charge in [-0.3, -0.25) is 9.59 Å². The number of carboxylic acids is 1. The fourth-order valence-electron chi connectivity index (χ4n) is 6.25. The van der Waals surface area contributed by atoms with Gasteiger partial charge in [0.05, 0.1) is 0 Å². The average molecular weight is 493 g/mol. The van der Waals surface area contributed by atoms with Crippen molar-refractivity contribution >= 4 is 17.7 Å². The van der Waals surface area contributed by atoms with Crippen LogP contribution in [0, 0.1) is 34.0 Å². The standard InChI is InChI=1S/C21H35NO4.C8H17N/c1-19(2,3)10-12(23)9-13(20(4,5)6)17(24)22-11-14-15(21(14,7)8)16(22)18(25)26;1-9(2)8-6-4-3-5-7-8/h13-16H,9-11H2,1-8H3,(H,25,26);8H,3-7H2,1-2H3/t13-,14?,15+,16+;/m1./s1. The van der Waals surface area contributed by atoms with E-state index < -0.39 is 23.3 Å². The van der Waals surface area contributed by atoms with Crippen molar-refractivity contribution in [3.8, 4) is 0 Å². The molecule has 3 aliphatic rings. The quantitative estimate of drug-likeness (QED) is 0.530. The Hall–Kier alpha value is -1.43. The second-order valence-corrected chi connectivity index (χ2v) is 14.4. The summed E-state index contributed by atoms with van der Waals surface area (Å²) in [5.41, 5.74) is -0.527. The first-order chi connectivity index (χ1) is 15.9. The molecule has 202 valence electrons. The lowest BCUT2D eigenvalue weighted by Gasteiger charge is -2.36. The van der Waals surface area contributed by atoms with E-state index in [4.69, 9.17) is 0 Å². The zero-order valence-corrected chi connectivity index (χ0v) is 24.1. The number of piperidine rings is 1. The van der Waals surface area contributed by atoms with Gasteiger partial charge in [0.25, 0.3) is 0 Å². The van der Waals surface area contributed by atoms with Gasteiger partial charge in [0.15, 0.2) is 0 Å². The van der Waals surface area contributed by atoms with Crippen LogP contribution in [0.4, 0.5) is 0 Å². The molecule has 0 aromatic heterocycles. The fourth-order valence-corrected chi connectivity index (χ4v) is 6.25. The van der Waals surface area contributed by atoms with Crippen LogP contribution in [0.15, 0.2) is 0 Å². The third kappa shape index (κ3) is 7.53. The number of ketones is 1. The number of nitrogens with zero attached hydrogens (tertiary/aromatic N) is 2. The van der Waals surface area contributed by atoms with Gasteiger partial charge in [-0.1, -0.05) is 74.7 Å². The first kappa shape index (κ1) is 29.8. The maximum atomic E-state index is 13.3. The molecule has 0 aromatic rings. The third-order valence-corrected chi connectivity index (χ3v) is 8.55. The number of amides is 1. The van der Waals surface area contributed by atoms with Crippen molar-refractivity contribution in [2.45, 2.75) is 112 Å². The number of likely N-dealkylation sites (tertiary alicyclic amines) is 1. The first-order valence-electron chi connectivity index (χ1n) is 13.6. The molecule has 6 heteroatoms. The Labute approximate surface area is 214 Å². The summed E-state index contributed by atoms with van der Waals surface area (Å²) in [5.74, 6) is -1.24. The van der Waals surface area contributed by atoms with Gasteiger partial charge in [0.2, 0.25) is 5.91 Å². The average Bonchev–Trinajstić information content (AvgIpc) is 3.06. The van der Waals surface area contributed by atoms with Crippen LogP contribution in [0.3, 0.4) is 0 Å². The van der Waals surface area contributed by atoms with Crippen molar-refractivity contribution in [1.29, 1.82) is 0 Å². The van der Waals surface area contributed by atoms with Crippen LogP contribution in [0.2, 0.25) is 0 Å². The molecule has 1 N–H and O–H groups in total. The van der Waals surface area contributed by atoms with Crippen LogP contribution in [0.5, 0.6) is 0 Å². The highest BCUT2D eigenvalue weighted by Gasteiger charge is 2.70. The summed E-state index contributed by atoms with van der Waals surface area (Å²) in [4.78, 5) is 41.6. The molecule has 4 atom stereocenters. The number of aliphatic carboxylic acids is 1. The number of carbonyl (C=O) groups is 3. The van der Waals surface area contributed by atoms with Gasteiger partial charge in [-0.15, -0.1) is 0 Å². The number of carboxylic acid groups (broad SMARTS) is 1. The number of carbonyl (C=O) groups excluding carboxylic acids is 2. The smallest absolute Gasteiger partial charge is 0.326 e. The van der Waals surface area contributed by atoms with E-state index in [0.29, 0.717) is 13.0 Å². The molecule has 3 fully saturated rings. The molecule has 1 unspecified atom stereocenters. The van der Waals surface area contributed by atoms with Crippen molar-refractivity contribution in [2.24, 2.45) is 34.0 Å². The van der Waals surface area contributed by atoms with Crippen LogP contribution in [-0.4, -0.2) is 65.3 Å². The van der Waals surface area contributed by atoms with Gasteiger partial charge in [0, 0.05) is 37.3 Å². The third-order valence-electron chi connectivity index (χ3n) is 8.55. The predicted molar refractivity (Wildman–Crippen MR) is 141 cm³/mol. The molecule has 1 heterocycles. The molecular weight excluding hydrogens is 440 g/mol. The zero-order valence-electron chi connectivity index (χ0n) is 24.1. The summed E-state index contributed by atoms with van der Waals surface area (Å²) in [7, 11) is 4.38. The lowest BCUT2D eigenvalue weighted by Crippen LogP contribution is -2.50. The molecule has 2 aliphatic carbocycles. The minimum absolute atomic E-state index is 0.0148. The maximum absolute atomic E-state index is 13.3. The summed E-state index contributed by atoms with van der Waals surface area (Å²) < 4.78 is 0.